The molecule has 1 atom stereocenters. The van der Waals surface area contributed by atoms with E-state index in [1.165, 1.54) is 0 Å². The Kier molecular flexibility index (Phi) is 5.08. The Morgan fingerprint density at radius 3 is 2.41 bits per heavy atom. The van der Waals surface area contributed by atoms with Gasteiger partial charge in [-0.15, -0.1) is 0 Å². The van der Waals surface area contributed by atoms with Gasteiger partial charge in [-0.05, 0) is 63.6 Å². The molecule has 0 saturated carbocycles. The minimum atomic E-state index is -0.771. The molecule has 3 aliphatic rings. The smallest absolute Gasteiger partial charge is 0.256 e. The molecule has 0 aliphatic carbocycles. The lowest BCUT2D eigenvalue weighted by atomic mass is 10.0. The van der Waals surface area contributed by atoms with E-state index >= 15 is 0 Å². The van der Waals surface area contributed by atoms with Crippen LogP contribution in [0.1, 0.15) is 55.8 Å². The van der Waals surface area contributed by atoms with Gasteiger partial charge in [0.2, 0.25) is 0 Å². The lowest BCUT2D eigenvalue weighted by Crippen LogP contribution is -2.39. The van der Waals surface area contributed by atoms with Crippen molar-refractivity contribution >= 4 is 23.2 Å². The second-order valence-corrected chi connectivity index (χ2v) is 8.06. The van der Waals surface area contributed by atoms with E-state index in [0.29, 0.717) is 17.9 Å². The summed E-state index contributed by atoms with van der Waals surface area (Å²) in [5.74, 6) is -0.0534. The molecule has 0 unspecified atom stereocenters. The van der Waals surface area contributed by atoms with Gasteiger partial charge in [0.05, 0.1) is 5.56 Å². The van der Waals surface area contributed by atoms with Crippen molar-refractivity contribution in [3.63, 3.8) is 0 Å². The molecule has 0 bridgehead atoms. The normalized spacial score (nSPS) is 25.2. The van der Waals surface area contributed by atoms with E-state index in [2.05, 4.69) is 10.2 Å². The van der Waals surface area contributed by atoms with Crippen LogP contribution in [0.2, 0.25) is 0 Å². The van der Waals surface area contributed by atoms with Crippen molar-refractivity contribution in [1.29, 1.82) is 0 Å². The van der Waals surface area contributed by atoms with Crippen LogP contribution in [0.15, 0.2) is 18.2 Å². The van der Waals surface area contributed by atoms with Gasteiger partial charge in [-0.2, -0.15) is 0 Å². The summed E-state index contributed by atoms with van der Waals surface area (Å²) < 4.78 is 5.64. The maximum atomic E-state index is 13.1. The molecule has 4 rings (SSSR count). The number of amides is 2. The predicted octanol–water partition coefficient (Wildman–Crippen LogP) is 3.03. The molecule has 0 spiro atoms. The number of carbonyl (C=O) groups excluding carboxylic acids is 2. The Balaban J connectivity index is 1.60. The second-order valence-electron chi connectivity index (χ2n) is 8.06. The minimum absolute atomic E-state index is 0.0776. The van der Waals surface area contributed by atoms with Crippen LogP contribution in [-0.2, 0) is 9.53 Å². The summed E-state index contributed by atoms with van der Waals surface area (Å²) in [7, 11) is 0. The highest BCUT2D eigenvalue weighted by Gasteiger charge is 2.38. The molecule has 146 valence electrons. The highest BCUT2D eigenvalue weighted by atomic mass is 16.5. The molecule has 6 heteroatoms. The summed E-state index contributed by atoms with van der Waals surface area (Å²) in [5.41, 5.74) is 1.59. The van der Waals surface area contributed by atoms with E-state index in [0.717, 1.165) is 70.4 Å². The molecule has 27 heavy (non-hydrogen) atoms. The average molecular weight is 371 g/mol. The van der Waals surface area contributed by atoms with Crippen LogP contribution in [0.5, 0.6) is 0 Å². The number of anilines is 2. The van der Waals surface area contributed by atoms with Gasteiger partial charge in [-0.25, -0.2) is 0 Å². The summed E-state index contributed by atoms with van der Waals surface area (Å²) in [4.78, 5) is 30.0. The van der Waals surface area contributed by atoms with Crippen LogP contribution in [0, 0.1) is 0 Å². The lowest BCUT2D eigenvalue weighted by Gasteiger charge is -2.25. The van der Waals surface area contributed by atoms with Crippen LogP contribution < -0.4 is 10.2 Å². The van der Waals surface area contributed by atoms with E-state index in [1.807, 2.05) is 30.0 Å². The van der Waals surface area contributed by atoms with Gasteiger partial charge in [-0.3, -0.25) is 9.59 Å². The number of hydrogen-bond acceptors (Lipinski definition) is 4. The molecule has 3 heterocycles. The van der Waals surface area contributed by atoms with Crippen molar-refractivity contribution in [2.24, 2.45) is 0 Å². The Morgan fingerprint density at radius 2 is 1.74 bits per heavy atom. The fourth-order valence-corrected chi connectivity index (χ4v) is 4.33. The molecule has 3 aliphatic heterocycles. The molecule has 1 N–H and O–H groups in total. The van der Waals surface area contributed by atoms with Gasteiger partial charge in [0.25, 0.3) is 11.8 Å². The van der Waals surface area contributed by atoms with Crippen molar-refractivity contribution in [3.05, 3.63) is 23.8 Å². The highest BCUT2D eigenvalue weighted by molar-refractivity contribution is 6.03. The van der Waals surface area contributed by atoms with Crippen molar-refractivity contribution in [2.75, 3.05) is 43.0 Å². The quantitative estimate of drug-likeness (QED) is 0.884. The van der Waals surface area contributed by atoms with Crippen LogP contribution in [0.4, 0.5) is 11.4 Å². The summed E-state index contributed by atoms with van der Waals surface area (Å²) in [6.45, 7) is 6.07. The van der Waals surface area contributed by atoms with Crippen LogP contribution in [-0.4, -0.2) is 55.1 Å². The molecular weight excluding hydrogens is 342 g/mol. The standard InChI is InChI=1S/C21H29N3O3/c1-21(9-6-14-27-21)20(26)22-16-7-8-18(23-10-2-3-11-23)17(15-16)19(25)24-12-4-5-13-24/h7-8,15H,2-6,9-14H2,1H3,(H,22,26)/t21-/m1/s1. The monoisotopic (exact) mass is 371 g/mol. The van der Waals surface area contributed by atoms with E-state index in [-0.39, 0.29) is 11.8 Å². The van der Waals surface area contributed by atoms with Gasteiger partial charge >= 0.3 is 0 Å². The molecule has 3 saturated heterocycles. The Labute approximate surface area is 160 Å². The van der Waals surface area contributed by atoms with Gasteiger partial charge in [0.15, 0.2) is 0 Å². The molecule has 0 aromatic heterocycles. The van der Waals surface area contributed by atoms with Crippen molar-refractivity contribution < 1.29 is 14.3 Å². The summed E-state index contributed by atoms with van der Waals surface area (Å²) in [5, 5.41) is 2.97. The van der Waals surface area contributed by atoms with Gasteiger partial charge < -0.3 is 19.9 Å². The largest absolute Gasteiger partial charge is 0.371 e. The first kappa shape index (κ1) is 18.3. The lowest BCUT2D eigenvalue weighted by molar-refractivity contribution is -0.133. The molecule has 2 amide bonds. The van der Waals surface area contributed by atoms with Gasteiger partial charge in [-0.1, -0.05) is 0 Å². The second kappa shape index (κ2) is 7.50. The van der Waals surface area contributed by atoms with Gasteiger partial charge in [0.1, 0.15) is 5.60 Å². The topological polar surface area (TPSA) is 61.9 Å². The van der Waals surface area contributed by atoms with E-state index < -0.39 is 5.60 Å². The maximum absolute atomic E-state index is 13.1. The van der Waals surface area contributed by atoms with Crippen molar-refractivity contribution in [2.45, 2.75) is 51.0 Å². The first-order valence-electron chi connectivity index (χ1n) is 10.2. The first-order valence-corrected chi connectivity index (χ1v) is 10.2. The third-order valence-corrected chi connectivity index (χ3v) is 6.02. The minimum Gasteiger partial charge on any atom is -0.371 e. The number of rotatable bonds is 4. The number of ether oxygens (including phenoxy) is 1. The zero-order valence-corrected chi connectivity index (χ0v) is 16.1. The van der Waals surface area contributed by atoms with Crippen molar-refractivity contribution in [3.8, 4) is 0 Å². The number of likely N-dealkylation sites (tertiary alicyclic amines) is 1. The Bertz CT molecular complexity index is 715. The third kappa shape index (κ3) is 3.68. The molecular formula is C21H29N3O3. The average Bonchev–Trinajstić information content (AvgIpc) is 3.43. The summed E-state index contributed by atoms with van der Waals surface area (Å²) >= 11 is 0. The van der Waals surface area contributed by atoms with Crippen LogP contribution in [0.25, 0.3) is 0 Å². The summed E-state index contributed by atoms with van der Waals surface area (Å²) in [6.07, 6.45) is 6.08. The summed E-state index contributed by atoms with van der Waals surface area (Å²) in [6, 6.07) is 5.75. The zero-order chi connectivity index (χ0) is 18.9. The molecule has 3 fully saturated rings. The zero-order valence-electron chi connectivity index (χ0n) is 16.1. The number of nitrogens with zero attached hydrogens (tertiary/aromatic N) is 2. The van der Waals surface area contributed by atoms with Crippen LogP contribution >= 0.6 is 0 Å². The number of benzene rings is 1. The number of carbonyl (C=O) groups is 2. The number of hydrogen-bond donors (Lipinski definition) is 1. The van der Waals surface area contributed by atoms with Crippen LogP contribution in [0.3, 0.4) is 0 Å². The fourth-order valence-electron chi connectivity index (χ4n) is 4.33. The fraction of sp³-hybridized carbons (Fsp3) is 0.619. The Hall–Kier alpha value is -2.08. The molecule has 1 aromatic rings. The SMILES string of the molecule is C[C@]1(C(=O)Nc2ccc(N3CCCC3)c(C(=O)N3CCCC3)c2)CCCO1. The molecule has 1 aromatic carbocycles. The third-order valence-electron chi connectivity index (χ3n) is 6.02. The first-order chi connectivity index (χ1) is 13.1. The molecule has 6 nitrogen and oxygen atoms in total. The number of nitrogens with one attached hydrogen (secondary N) is 1. The highest BCUT2D eigenvalue weighted by Crippen LogP contribution is 2.31. The Morgan fingerprint density at radius 1 is 1.04 bits per heavy atom. The van der Waals surface area contributed by atoms with E-state index in [4.69, 9.17) is 4.74 Å². The molecule has 0 radical (unpaired) electrons. The van der Waals surface area contributed by atoms with E-state index in [9.17, 15) is 9.59 Å². The van der Waals surface area contributed by atoms with Gasteiger partial charge in [0, 0.05) is 44.2 Å². The van der Waals surface area contributed by atoms with Crippen molar-refractivity contribution in [1.82, 2.24) is 4.90 Å². The van der Waals surface area contributed by atoms with E-state index in [1.54, 1.807) is 0 Å². The predicted molar refractivity (Wildman–Crippen MR) is 105 cm³/mol. The maximum Gasteiger partial charge on any atom is 0.256 e.